The number of sulfone groups is 1. The van der Waals surface area contributed by atoms with E-state index in [9.17, 15) is 22.8 Å². The topological polar surface area (TPSA) is 97.8 Å². The van der Waals surface area contributed by atoms with Crippen molar-refractivity contribution >= 4 is 39.4 Å². The average molecular weight is 417 g/mol. The lowest BCUT2D eigenvalue weighted by Crippen LogP contribution is -2.32. The summed E-state index contributed by atoms with van der Waals surface area (Å²) >= 11 is 1.29. The van der Waals surface area contributed by atoms with E-state index in [1.807, 2.05) is 0 Å². The Balaban J connectivity index is 1.54. The van der Waals surface area contributed by atoms with Crippen LogP contribution in [0.15, 0.2) is 53.4 Å². The summed E-state index contributed by atoms with van der Waals surface area (Å²) < 4.78 is 23.3. The normalized spacial score (nSPS) is 20.3. The molecule has 2 aliphatic heterocycles. The van der Waals surface area contributed by atoms with Gasteiger partial charge in [0.05, 0.1) is 28.2 Å². The number of nitrogens with zero attached hydrogens (tertiary/aromatic N) is 1. The van der Waals surface area contributed by atoms with Gasteiger partial charge in [0, 0.05) is 10.1 Å². The van der Waals surface area contributed by atoms with Gasteiger partial charge in [0.2, 0.25) is 0 Å². The van der Waals surface area contributed by atoms with Crippen LogP contribution in [0.1, 0.15) is 37.5 Å². The third-order valence-electron chi connectivity index (χ3n) is 4.52. The highest BCUT2D eigenvalue weighted by Crippen LogP contribution is 2.33. The van der Waals surface area contributed by atoms with E-state index >= 15 is 0 Å². The van der Waals surface area contributed by atoms with Gasteiger partial charge in [0.15, 0.2) is 9.84 Å². The highest BCUT2D eigenvalue weighted by Gasteiger charge is 2.39. The van der Waals surface area contributed by atoms with Crippen LogP contribution in [0.4, 0.5) is 0 Å². The van der Waals surface area contributed by atoms with Gasteiger partial charge in [0.25, 0.3) is 11.8 Å². The Morgan fingerprint density at radius 2 is 1.61 bits per heavy atom. The van der Waals surface area contributed by atoms with Crippen LogP contribution in [0.2, 0.25) is 0 Å². The largest absolute Gasteiger partial charge is 0.365 e. The Labute approximate surface area is 165 Å². The van der Waals surface area contributed by atoms with E-state index < -0.39 is 27.6 Å². The minimum atomic E-state index is -3.05. The number of rotatable bonds is 4. The highest BCUT2D eigenvalue weighted by atomic mass is 32.2. The van der Waals surface area contributed by atoms with Crippen LogP contribution in [0, 0.1) is 0 Å². The second-order valence-electron chi connectivity index (χ2n) is 6.47. The molecule has 1 saturated heterocycles. The fourth-order valence-corrected chi connectivity index (χ4v) is 6.77. The molecule has 1 unspecified atom stereocenters. The van der Waals surface area contributed by atoms with E-state index in [0.717, 1.165) is 0 Å². The first-order valence-corrected chi connectivity index (χ1v) is 11.2. The molecule has 0 saturated carbocycles. The molecule has 2 aliphatic rings. The average Bonchev–Trinajstić information content (AvgIpc) is 3.14. The monoisotopic (exact) mass is 417 g/mol. The molecule has 9 heteroatoms. The number of hydrogen-bond donors (Lipinski definition) is 0. The summed E-state index contributed by atoms with van der Waals surface area (Å²) in [6.45, 7) is 0. The van der Waals surface area contributed by atoms with Crippen LogP contribution < -0.4 is 0 Å². The second-order valence-corrected chi connectivity index (χ2v) is 10.0. The molecule has 4 rings (SSSR count). The molecule has 0 N–H and O–H groups in total. The molecule has 1 atom stereocenters. The number of benzene rings is 2. The molecular weight excluding hydrogens is 402 g/mol. The number of carbonyl (C=O) groups is 3. The lowest BCUT2D eigenvalue weighted by molar-refractivity contribution is -0.0586. The Hall–Kier alpha value is -2.65. The van der Waals surface area contributed by atoms with Gasteiger partial charge < -0.3 is 4.84 Å². The van der Waals surface area contributed by atoms with Crippen molar-refractivity contribution in [3.05, 3.63) is 65.2 Å². The first kappa shape index (κ1) is 18.7. The molecule has 2 aromatic carbocycles. The molecule has 0 spiro atoms. The zero-order chi connectivity index (χ0) is 19.9. The number of hydroxylamine groups is 2. The van der Waals surface area contributed by atoms with Gasteiger partial charge in [-0.05, 0) is 30.7 Å². The van der Waals surface area contributed by atoms with E-state index in [1.54, 1.807) is 30.3 Å². The van der Waals surface area contributed by atoms with Crippen LogP contribution in [-0.2, 0) is 14.7 Å². The van der Waals surface area contributed by atoms with Gasteiger partial charge in [-0.25, -0.2) is 13.2 Å². The van der Waals surface area contributed by atoms with Crippen molar-refractivity contribution in [3.63, 3.8) is 0 Å². The van der Waals surface area contributed by atoms with E-state index in [-0.39, 0.29) is 33.4 Å². The molecule has 7 nitrogen and oxygen atoms in total. The fraction of sp³-hybridized carbons (Fsp3) is 0.211. The van der Waals surface area contributed by atoms with Crippen molar-refractivity contribution in [1.82, 2.24) is 5.06 Å². The second kappa shape index (κ2) is 7.06. The van der Waals surface area contributed by atoms with Crippen LogP contribution in [0.5, 0.6) is 0 Å². The van der Waals surface area contributed by atoms with Gasteiger partial charge in [-0.2, -0.15) is 0 Å². The molecule has 144 valence electrons. The molecule has 0 aromatic heterocycles. The summed E-state index contributed by atoms with van der Waals surface area (Å²) in [5.74, 6) is -2.05. The van der Waals surface area contributed by atoms with Crippen molar-refractivity contribution in [3.8, 4) is 0 Å². The minimum Gasteiger partial charge on any atom is -0.324 e. The Morgan fingerprint density at radius 1 is 1.00 bits per heavy atom. The van der Waals surface area contributed by atoms with Gasteiger partial charge in [-0.3, -0.25) is 9.59 Å². The van der Waals surface area contributed by atoms with E-state index in [0.29, 0.717) is 16.4 Å². The Morgan fingerprint density at radius 3 is 2.21 bits per heavy atom. The quantitative estimate of drug-likeness (QED) is 0.704. The SMILES string of the molecule is O=C(ON1C(=O)c2ccccc2C1=O)c1ccccc1SC1CCS(=O)(=O)C1. The van der Waals surface area contributed by atoms with Gasteiger partial charge >= 0.3 is 5.97 Å². The molecule has 0 bridgehead atoms. The summed E-state index contributed by atoms with van der Waals surface area (Å²) in [6, 6.07) is 12.8. The van der Waals surface area contributed by atoms with Gasteiger partial charge in [0.1, 0.15) is 0 Å². The molecule has 1 fully saturated rings. The fourth-order valence-electron chi connectivity index (χ4n) is 3.15. The lowest BCUT2D eigenvalue weighted by atomic mass is 10.1. The smallest absolute Gasteiger partial charge is 0.324 e. The third kappa shape index (κ3) is 3.43. The first-order chi connectivity index (χ1) is 13.4. The maximum Gasteiger partial charge on any atom is 0.365 e. The maximum atomic E-state index is 12.7. The maximum absolute atomic E-state index is 12.7. The van der Waals surface area contributed by atoms with Crippen LogP contribution >= 0.6 is 11.8 Å². The minimum absolute atomic E-state index is 0.0550. The molecule has 0 aliphatic carbocycles. The third-order valence-corrected chi connectivity index (χ3v) is 7.85. The number of hydrogen-bond acceptors (Lipinski definition) is 7. The van der Waals surface area contributed by atoms with Crippen molar-refractivity contribution in [2.24, 2.45) is 0 Å². The van der Waals surface area contributed by atoms with Crippen LogP contribution in [0.25, 0.3) is 0 Å². The van der Waals surface area contributed by atoms with Crippen molar-refractivity contribution in [1.29, 1.82) is 0 Å². The van der Waals surface area contributed by atoms with Crippen molar-refractivity contribution in [2.45, 2.75) is 16.6 Å². The molecule has 0 radical (unpaired) electrons. The number of amides is 2. The Bertz CT molecular complexity index is 1060. The van der Waals surface area contributed by atoms with E-state index in [2.05, 4.69) is 0 Å². The number of imide groups is 1. The van der Waals surface area contributed by atoms with Gasteiger partial charge in [-0.1, -0.05) is 29.3 Å². The number of fused-ring (bicyclic) bond motifs is 1. The molecule has 2 amide bonds. The van der Waals surface area contributed by atoms with E-state index in [1.165, 1.54) is 30.0 Å². The zero-order valence-corrected chi connectivity index (χ0v) is 16.2. The van der Waals surface area contributed by atoms with Crippen molar-refractivity contribution in [2.75, 3.05) is 11.5 Å². The van der Waals surface area contributed by atoms with Crippen LogP contribution in [-0.4, -0.2) is 48.0 Å². The summed E-state index contributed by atoms with van der Waals surface area (Å²) in [5, 5.41) is 0.312. The standard InChI is InChI=1S/C19H15NO6S2/c21-17-13-5-1-2-6-14(13)18(22)20(17)26-19(23)15-7-3-4-8-16(15)27-12-9-10-28(24,25)11-12/h1-8,12H,9-11H2. The Kier molecular flexibility index (Phi) is 4.72. The number of thioether (sulfide) groups is 1. The van der Waals surface area contributed by atoms with E-state index in [4.69, 9.17) is 4.84 Å². The molecule has 2 heterocycles. The summed E-state index contributed by atoms with van der Waals surface area (Å²) in [5.41, 5.74) is 0.534. The molecule has 2 aromatic rings. The predicted molar refractivity (Wildman–Crippen MR) is 102 cm³/mol. The predicted octanol–water partition coefficient (Wildman–Crippen LogP) is 2.33. The molecular formula is C19H15NO6S2. The summed E-state index contributed by atoms with van der Waals surface area (Å²) in [7, 11) is -3.05. The zero-order valence-electron chi connectivity index (χ0n) is 14.5. The lowest BCUT2D eigenvalue weighted by Gasteiger charge is -2.15. The molecule has 28 heavy (non-hydrogen) atoms. The van der Waals surface area contributed by atoms with Crippen molar-refractivity contribution < 1.29 is 27.6 Å². The first-order valence-electron chi connectivity index (χ1n) is 8.52. The van der Waals surface area contributed by atoms with Crippen LogP contribution in [0.3, 0.4) is 0 Å². The highest BCUT2D eigenvalue weighted by molar-refractivity contribution is 8.02. The number of carbonyl (C=O) groups excluding carboxylic acids is 3. The summed E-state index contributed by atoms with van der Waals surface area (Å²) in [4.78, 5) is 43.1. The summed E-state index contributed by atoms with van der Waals surface area (Å²) in [6.07, 6.45) is 0.509. The van der Waals surface area contributed by atoms with Gasteiger partial charge in [-0.15, -0.1) is 11.8 Å².